The fourth-order valence-electron chi connectivity index (χ4n) is 2.48. The van der Waals surface area contributed by atoms with E-state index >= 15 is 0 Å². The van der Waals surface area contributed by atoms with Gasteiger partial charge in [0.2, 0.25) is 0 Å². The summed E-state index contributed by atoms with van der Waals surface area (Å²) in [7, 11) is -0.425. The van der Waals surface area contributed by atoms with Gasteiger partial charge in [0.25, 0.3) is 0 Å². The van der Waals surface area contributed by atoms with Gasteiger partial charge in [0.15, 0.2) is 5.65 Å². The van der Waals surface area contributed by atoms with Gasteiger partial charge in [0.05, 0.1) is 11.2 Å². The first-order valence-electron chi connectivity index (χ1n) is 7.24. The Morgan fingerprint density at radius 2 is 2.04 bits per heavy atom. The lowest BCUT2D eigenvalue weighted by atomic mass is 9.80. The third-order valence-electron chi connectivity index (χ3n) is 4.52. The van der Waals surface area contributed by atoms with Crippen LogP contribution in [-0.4, -0.2) is 27.3 Å². The third-order valence-corrected chi connectivity index (χ3v) is 5.50. The standard InChI is InChI=1S/C15H18BIN2O3S.H2/c1-6-10-9-19(23-22-17)13-12(10)7-11(8-18-13)16-20-14(2,3)15(4,5)21-16;/h6-9H,1H2,2-5H3;1H. The van der Waals surface area contributed by atoms with E-state index in [1.54, 1.807) is 6.20 Å². The Kier molecular flexibility index (Phi) is 4.56. The molecule has 0 spiro atoms. The average Bonchev–Trinajstić information content (AvgIpc) is 2.94. The highest BCUT2D eigenvalue weighted by atomic mass is 127. The lowest BCUT2D eigenvalue weighted by Gasteiger charge is -2.32. The van der Waals surface area contributed by atoms with E-state index in [1.165, 1.54) is 12.2 Å². The van der Waals surface area contributed by atoms with Crippen molar-refractivity contribution in [1.82, 2.24) is 8.96 Å². The van der Waals surface area contributed by atoms with Crippen LogP contribution in [0.25, 0.3) is 17.1 Å². The molecule has 0 unspecified atom stereocenters. The van der Waals surface area contributed by atoms with Crippen molar-refractivity contribution in [3.05, 3.63) is 30.6 Å². The van der Waals surface area contributed by atoms with Crippen molar-refractivity contribution < 1.29 is 13.2 Å². The van der Waals surface area contributed by atoms with Crippen LogP contribution in [0.4, 0.5) is 0 Å². The molecule has 1 saturated heterocycles. The fourth-order valence-corrected chi connectivity index (χ4v) is 3.43. The molecule has 0 atom stereocenters. The van der Waals surface area contributed by atoms with E-state index in [0.29, 0.717) is 0 Å². The Balaban J connectivity index is 0.00000208. The quantitative estimate of drug-likeness (QED) is 0.404. The van der Waals surface area contributed by atoms with Gasteiger partial charge in [-0.2, -0.15) is 0 Å². The van der Waals surface area contributed by atoms with Crippen molar-refractivity contribution in [2.24, 2.45) is 0 Å². The predicted molar refractivity (Wildman–Crippen MR) is 106 cm³/mol. The Morgan fingerprint density at radius 1 is 1.39 bits per heavy atom. The summed E-state index contributed by atoms with van der Waals surface area (Å²) in [5.74, 6) is 0. The van der Waals surface area contributed by atoms with Crippen LogP contribution in [0.2, 0.25) is 0 Å². The van der Waals surface area contributed by atoms with Crippen LogP contribution in [-0.2, 0) is 11.8 Å². The highest BCUT2D eigenvalue weighted by Crippen LogP contribution is 2.36. The van der Waals surface area contributed by atoms with E-state index < -0.39 is 7.12 Å². The Bertz CT molecular complexity index is 753. The molecular weight excluding hydrogens is 426 g/mol. The van der Waals surface area contributed by atoms with Crippen LogP contribution in [0.1, 0.15) is 34.7 Å². The predicted octanol–water partition coefficient (Wildman–Crippen LogP) is 4.00. The summed E-state index contributed by atoms with van der Waals surface area (Å²) in [5.41, 5.74) is 1.97. The van der Waals surface area contributed by atoms with E-state index in [1.807, 2.05) is 73.0 Å². The van der Waals surface area contributed by atoms with Crippen molar-refractivity contribution in [1.29, 1.82) is 0 Å². The Morgan fingerprint density at radius 3 is 2.61 bits per heavy atom. The van der Waals surface area contributed by atoms with Gasteiger partial charge in [0, 0.05) is 30.2 Å². The van der Waals surface area contributed by atoms with Crippen LogP contribution in [0.5, 0.6) is 0 Å². The lowest BCUT2D eigenvalue weighted by molar-refractivity contribution is 0.00578. The SMILES string of the molecule is C=Cc1cn(SOI)c2ncc(B3OC(C)(C)C(C)(C)O3)cc12.[HH]. The molecule has 0 aromatic carbocycles. The zero-order chi connectivity index (χ0) is 16.8. The van der Waals surface area contributed by atoms with Crippen molar-refractivity contribution in [2.75, 3.05) is 0 Å². The van der Waals surface area contributed by atoms with Gasteiger partial charge < -0.3 is 9.31 Å². The van der Waals surface area contributed by atoms with E-state index in [-0.39, 0.29) is 12.6 Å². The van der Waals surface area contributed by atoms with Crippen molar-refractivity contribution >= 4 is 64.9 Å². The molecule has 0 saturated carbocycles. The largest absolute Gasteiger partial charge is 0.496 e. The molecule has 2 aromatic heterocycles. The molecule has 1 fully saturated rings. The lowest BCUT2D eigenvalue weighted by Crippen LogP contribution is -2.41. The van der Waals surface area contributed by atoms with Crippen LogP contribution in [0.15, 0.2) is 25.0 Å². The first-order chi connectivity index (χ1) is 10.8. The van der Waals surface area contributed by atoms with Crippen LogP contribution in [0, 0.1) is 0 Å². The second-order valence-electron chi connectivity index (χ2n) is 6.48. The monoisotopic (exact) mass is 446 g/mol. The first kappa shape index (κ1) is 17.3. The highest BCUT2D eigenvalue weighted by molar-refractivity contribution is 14.1. The molecular formula is C15H20BIN2O3S. The second-order valence-corrected chi connectivity index (χ2v) is 8.23. The minimum atomic E-state index is -0.425. The molecule has 124 valence electrons. The van der Waals surface area contributed by atoms with Gasteiger partial charge in [-0.25, -0.2) is 7.50 Å². The second kappa shape index (κ2) is 6.07. The number of aromatic nitrogens is 2. The molecule has 8 heteroatoms. The van der Waals surface area contributed by atoms with Gasteiger partial charge >= 0.3 is 7.12 Å². The summed E-state index contributed by atoms with van der Waals surface area (Å²) in [4.78, 5) is 4.56. The molecule has 1 aliphatic rings. The minimum absolute atomic E-state index is 0. The van der Waals surface area contributed by atoms with Gasteiger partial charge in [0.1, 0.15) is 35.2 Å². The van der Waals surface area contributed by atoms with Gasteiger partial charge in [-0.1, -0.05) is 12.7 Å². The van der Waals surface area contributed by atoms with Crippen LogP contribution in [0.3, 0.4) is 0 Å². The number of hydrogen-bond acceptors (Lipinski definition) is 5. The van der Waals surface area contributed by atoms with E-state index in [9.17, 15) is 0 Å². The zero-order valence-corrected chi connectivity index (χ0v) is 16.5. The first-order valence-corrected chi connectivity index (χ1v) is 8.82. The maximum absolute atomic E-state index is 6.10. The molecule has 1 aliphatic heterocycles. The number of halogens is 1. The minimum Gasteiger partial charge on any atom is -0.399 e. The van der Waals surface area contributed by atoms with E-state index in [2.05, 4.69) is 11.6 Å². The molecule has 3 rings (SSSR count). The summed E-state index contributed by atoms with van der Waals surface area (Å²) in [6, 6.07) is 2.05. The highest BCUT2D eigenvalue weighted by Gasteiger charge is 2.51. The molecule has 0 amide bonds. The number of pyridine rings is 1. The van der Waals surface area contributed by atoms with Crippen LogP contribution < -0.4 is 5.46 Å². The van der Waals surface area contributed by atoms with E-state index in [4.69, 9.17) is 11.8 Å². The Hall–Kier alpha value is -0.545. The summed E-state index contributed by atoms with van der Waals surface area (Å²) in [5, 5.41) is 0.994. The molecule has 0 N–H and O–H groups in total. The topological polar surface area (TPSA) is 45.5 Å². The molecule has 5 nitrogen and oxygen atoms in total. The summed E-state index contributed by atoms with van der Waals surface area (Å²) < 4.78 is 19.2. The van der Waals surface area contributed by atoms with Crippen molar-refractivity contribution in [3.63, 3.8) is 0 Å². The van der Waals surface area contributed by atoms with Gasteiger partial charge in [-0.05, 0) is 33.8 Å². The molecule has 0 radical (unpaired) electrons. The number of nitrogens with zero attached hydrogens (tertiary/aromatic N) is 2. The maximum atomic E-state index is 6.10. The average molecular weight is 446 g/mol. The zero-order valence-electron chi connectivity index (χ0n) is 13.5. The maximum Gasteiger partial charge on any atom is 0.496 e. The molecule has 3 heterocycles. The van der Waals surface area contributed by atoms with Gasteiger partial charge in [-0.3, -0.25) is 3.97 Å². The van der Waals surface area contributed by atoms with Gasteiger partial charge in [-0.15, -0.1) is 0 Å². The Labute approximate surface area is 156 Å². The van der Waals surface area contributed by atoms with Crippen molar-refractivity contribution in [2.45, 2.75) is 38.9 Å². The summed E-state index contributed by atoms with van der Waals surface area (Å²) >= 11 is 3.05. The number of fused-ring (bicyclic) bond motifs is 1. The summed E-state index contributed by atoms with van der Waals surface area (Å²) in [6.45, 7) is 12.0. The van der Waals surface area contributed by atoms with Crippen LogP contribution >= 0.6 is 35.2 Å². The fraction of sp³-hybridized carbons (Fsp3) is 0.400. The summed E-state index contributed by atoms with van der Waals surface area (Å²) in [6.07, 6.45) is 5.55. The third kappa shape index (κ3) is 2.95. The van der Waals surface area contributed by atoms with E-state index in [0.717, 1.165) is 22.1 Å². The smallest absolute Gasteiger partial charge is 0.399 e. The number of rotatable bonds is 4. The number of hydrogen-bond donors (Lipinski definition) is 0. The molecule has 2 aromatic rings. The normalized spacial score (nSPS) is 19.4. The molecule has 0 bridgehead atoms. The molecule has 23 heavy (non-hydrogen) atoms. The van der Waals surface area contributed by atoms with Crippen molar-refractivity contribution in [3.8, 4) is 0 Å². The molecule has 0 aliphatic carbocycles.